The van der Waals surface area contributed by atoms with Gasteiger partial charge in [0.2, 0.25) is 5.91 Å². The third-order valence-corrected chi connectivity index (χ3v) is 5.13. The minimum Gasteiger partial charge on any atom is -0.491 e. The predicted octanol–water partition coefficient (Wildman–Crippen LogP) is 2.02. The number of nitrogens with zero attached hydrogens (tertiary/aromatic N) is 2. The molecule has 0 spiro atoms. The number of carbonyl (C=O) groups is 1. The maximum atomic E-state index is 12.6. The van der Waals surface area contributed by atoms with Crippen LogP contribution in [0, 0.1) is 0 Å². The molecule has 6 heteroatoms. The van der Waals surface area contributed by atoms with E-state index in [4.69, 9.17) is 9.47 Å². The highest BCUT2D eigenvalue weighted by Crippen LogP contribution is 2.36. The molecule has 26 heavy (non-hydrogen) atoms. The average Bonchev–Trinajstić information content (AvgIpc) is 2.70. The predicted molar refractivity (Wildman–Crippen MR) is 98.2 cm³/mol. The molecule has 1 aliphatic heterocycles. The van der Waals surface area contributed by atoms with Crippen molar-refractivity contribution < 1.29 is 14.3 Å². The Bertz CT molecular complexity index is 808. The first kappa shape index (κ1) is 18.2. The lowest BCUT2D eigenvalue weighted by atomic mass is 9.84. The molecule has 6 nitrogen and oxygen atoms in total. The smallest absolute Gasteiger partial charge is 0.293 e. The fourth-order valence-electron chi connectivity index (χ4n) is 3.51. The molecule has 0 saturated carbocycles. The van der Waals surface area contributed by atoms with Gasteiger partial charge in [0.1, 0.15) is 6.54 Å². The van der Waals surface area contributed by atoms with Gasteiger partial charge in [0.15, 0.2) is 5.75 Å². The van der Waals surface area contributed by atoms with Gasteiger partial charge >= 0.3 is 0 Å². The summed E-state index contributed by atoms with van der Waals surface area (Å²) in [7, 11) is 3.17. The monoisotopic (exact) mass is 356 g/mol. The summed E-state index contributed by atoms with van der Waals surface area (Å²) in [5.41, 5.74) is 0.486. The Morgan fingerprint density at radius 1 is 1.08 bits per heavy atom. The third-order valence-electron chi connectivity index (χ3n) is 5.13. The van der Waals surface area contributed by atoms with Gasteiger partial charge in [0, 0.05) is 26.4 Å². The average molecular weight is 356 g/mol. The highest BCUT2D eigenvalue weighted by molar-refractivity contribution is 5.76. The van der Waals surface area contributed by atoms with Crippen molar-refractivity contribution in [3.63, 3.8) is 0 Å². The summed E-state index contributed by atoms with van der Waals surface area (Å²) in [6, 6.07) is 13.4. The standard InChI is InChI=1S/C20H24N2O4/c1-25-17-9-6-12-22(19(17)24)15-18(23)21-13-10-20(26-2,11-14-21)16-7-4-3-5-8-16/h3-9,12H,10-11,13-15H2,1-2H3. The van der Waals surface area contributed by atoms with Gasteiger partial charge < -0.3 is 18.9 Å². The number of ether oxygens (including phenoxy) is 2. The van der Waals surface area contributed by atoms with Gasteiger partial charge in [-0.2, -0.15) is 0 Å². The van der Waals surface area contributed by atoms with Crippen molar-refractivity contribution in [1.82, 2.24) is 9.47 Å². The Balaban J connectivity index is 1.68. The molecular weight excluding hydrogens is 332 g/mol. The number of hydrogen-bond donors (Lipinski definition) is 0. The van der Waals surface area contributed by atoms with Gasteiger partial charge in [-0.1, -0.05) is 30.3 Å². The van der Waals surface area contributed by atoms with Crippen molar-refractivity contribution in [3.8, 4) is 5.75 Å². The highest BCUT2D eigenvalue weighted by atomic mass is 16.5. The number of aromatic nitrogens is 1. The van der Waals surface area contributed by atoms with E-state index in [0.717, 1.165) is 18.4 Å². The number of hydrogen-bond acceptors (Lipinski definition) is 4. The van der Waals surface area contributed by atoms with Crippen LogP contribution in [0.1, 0.15) is 18.4 Å². The molecule has 1 aromatic carbocycles. The van der Waals surface area contributed by atoms with E-state index in [1.807, 2.05) is 18.2 Å². The van der Waals surface area contributed by atoms with Gasteiger partial charge in [-0.15, -0.1) is 0 Å². The Labute approximate surface area is 153 Å². The number of rotatable bonds is 5. The third kappa shape index (κ3) is 3.51. The van der Waals surface area contributed by atoms with Crippen molar-refractivity contribution in [3.05, 3.63) is 64.6 Å². The summed E-state index contributed by atoms with van der Waals surface area (Å²) in [5, 5.41) is 0. The van der Waals surface area contributed by atoms with E-state index in [2.05, 4.69) is 12.1 Å². The molecular formula is C20H24N2O4. The lowest BCUT2D eigenvalue weighted by Crippen LogP contribution is -2.47. The molecule has 0 N–H and O–H groups in total. The lowest BCUT2D eigenvalue weighted by molar-refractivity contribution is -0.138. The number of benzene rings is 1. The number of amides is 1. The molecule has 0 aliphatic carbocycles. The zero-order valence-corrected chi connectivity index (χ0v) is 15.2. The summed E-state index contributed by atoms with van der Waals surface area (Å²) in [4.78, 5) is 26.6. The molecule has 0 atom stereocenters. The molecule has 1 fully saturated rings. The second kappa shape index (κ2) is 7.74. The van der Waals surface area contributed by atoms with Gasteiger partial charge in [-0.05, 0) is 30.5 Å². The zero-order valence-electron chi connectivity index (χ0n) is 15.2. The highest BCUT2D eigenvalue weighted by Gasteiger charge is 2.37. The summed E-state index contributed by atoms with van der Waals surface area (Å²) in [5.74, 6) is 0.166. The van der Waals surface area contributed by atoms with E-state index in [-0.39, 0.29) is 29.4 Å². The van der Waals surface area contributed by atoms with Gasteiger partial charge in [0.25, 0.3) is 5.56 Å². The van der Waals surface area contributed by atoms with Crippen LogP contribution in [0.5, 0.6) is 5.75 Å². The Kier molecular flexibility index (Phi) is 5.42. The molecule has 1 aliphatic rings. The molecule has 1 aromatic heterocycles. The summed E-state index contributed by atoms with van der Waals surface area (Å²) >= 11 is 0. The maximum Gasteiger partial charge on any atom is 0.293 e. The molecule has 0 unspecified atom stereocenters. The van der Waals surface area contributed by atoms with E-state index in [1.165, 1.54) is 11.7 Å². The maximum absolute atomic E-state index is 12.6. The SMILES string of the molecule is COc1cccn(CC(=O)N2CCC(OC)(c3ccccc3)CC2)c1=O. The van der Waals surface area contributed by atoms with E-state index in [1.54, 1.807) is 30.3 Å². The molecule has 0 bridgehead atoms. The number of carbonyl (C=O) groups excluding carboxylic acids is 1. The van der Waals surface area contributed by atoms with Gasteiger partial charge in [-0.25, -0.2) is 0 Å². The first-order chi connectivity index (χ1) is 12.6. The molecule has 1 saturated heterocycles. The fourth-order valence-corrected chi connectivity index (χ4v) is 3.51. The molecule has 2 heterocycles. The Morgan fingerprint density at radius 2 is 1.77 bits per heavy atom. The first-order valence-electron chi connectivity index (χ1n) is 8.71. The van der Waals surface area contributed by atoms with Crippen molar-refractivity contribution in [1.29, 1.82) is 0 Å². The van der Waals surface area contributed by atoms with Crippen LogP contribution in [0.25, 0.3) is 0 Å². The zero-order chi connectivity index (χ0) is 18.6. The van der Waals surface area contributed by atoms with Crippen molar-refractivity contribution in [2.45, 2.75) is 25.0 Å². The van der Waals surface area contributed by atoms with E-state index < -0.39 is 0 Å². The van der Waals surface area contributed by atoms with E-state index in [0.29, 0.717) is 13.1 Å². The van der Waals surface area contributed by atoms with Crippen molar-refractivity contribution in [2.24, 2.45) is 0 Å². The van der Waals surface area contributed by atoms with Crippen molar-refractivity contribution >= 4 is 5.91 Å². The number of pyridine rings is 1. The minimum absolute atomic E-state index is 0.0152. The van der Waals surface area contributed by atoms with Crippen LogP contribution < -0.4 is 10.3 Å². The fraction of sp³-hybridized carbons (Fsp3) is 0.400. The molecule has 3 rings (SSSR count). The Morgan fingerprint density at radius 3 is 2.38 bits per heavy atom. The molecule has 138 valence electrons. The van der Waals surface area contributed by atoms with E-state index in [9.17, 15) is 9.59 Å². The topological polar surface area (TPSA) is 60.8 Å². The van der Waals surface area contributed by atoms with Gasteiger partial charge in [-0.3, -0.25) is 9.59 Å². The number of methoxy groups -OCH3 is 2. The van der Waals surface area contributed by atoms with Gasteiger partial charge in [0.05, 0.1) is 12.7 Å². The second-order valence-corrected chi connectivity index (χ2v) is 6.45. The normalized spacial score (nSPS) is 16.3. The van der Waals surface area contributed by atoms with Crippen molar-refractivity contribution in [2.75, 3.05) is 27.3 Å². The van der Waals surface area contributed by atoms with E-state index >= 15 is 0 Å². The quantitative estimate of drug-likeness (QED) is 0.822. The Hall–Kier alpha value is -2.60. The molecule has 2 aromatic rings. The second-order valence-electron chi connectivity index (χ2n) is 6.45. The van der Waals surface area contributed by atoms with Crippen LogP contribution in [0.4, 0.5) is 0 Å². The van der Waals surface area contributed by atoms with Crippen LogP contribution in [0.2, 0.25) is 0 Å². The summed E-state index contributed by atoms with van der Waals surface area (Å²) < 4.78 is 12.3. The number of likely N-dealkylation sites (tertiary alicyclic amines) is 1. The van der Waals surface area contributed by atoms with Crippen LogP contribution in [0.3, 0.4) is 0 Å². The number of piperidine rings is 1. The van der Waals surface area contributed by atoms with Crippen LogP contribution >= 0.6 is 0 Å². The molecule has 1 amide bonds. The largest absolute Gasteiger partial charge is 0.491 e. The molecule has 0 radical (unpaired) electrons. The minimum atomic E-state index is -0.356. The van der Waals surface area contributed by atoms with Crippen LogP contribution in [-0.4, -0.2) is 42.7 Å². The summed E-state index contributed by atoms with van der Waals surface area (Å²) in [6.45, 7) is 1.21. The van der Waals surface area contributed by atoms with Crippen LogP contribution in [0.15, 0.2) is 53.5 Å². The summed E-state index contributed by atoms with van der Waals surface area (Å²) in [6.07, 6.45) is 3.06. The van der Waals surface area contributed by atoms with Crippen LogP contribution in [-0.2, 0) is 21.7 Å². The lowest BCUT2D eigenvalue weighted by Gasteiger charge is -2.41. The first-order valence-corrected chi connectivity index (χ1v) is 8.71.